The van der Waals surface area contributed by atoms with Gasteiger partial charge in [-0.1, -0.05) is 18.2 Å². The minimum atomic E-state index is -3.68. The maximum atomic E-state index is 12.4. The van der Waals surface area contributed by atoms with Crippen LogP contribution in [0.5, 0.6) is 5.75 Å². The van der Waals surface area contributed by atoms with Crippen LogP contribution in [0.1, 0.15) is 5.56 Å². The fourth-order valence-electron chi connectivity index (χ4n) is 1.86. The Morgan fingerprint density at radius 1 is 1.15 bits per heavy atom. The first-order chi connectivity index (χ1) is 9.44. The molecule has 2 rings (SSSR count). The van der Waals surface area contributed by atoms with Gasteiger partial charge in [0.1, 0.15) is 5.75 Å². The molecule has 3 N–H and O–H groups in total. The number of aryl methyl sites for hydroxylation is 1. The number of nitrogen functional groups attached to an aromatic ring is 1. The van der Waals surface area contributed by atoms with Crippen molar-refractivity contribution in [3.05, 3.63) is 48.0 Å². The van der Waals surface area contributed by atoms with Crippen LogP contribution in [0.2, 0.25) is 0 Å². The van der Waals surface area contributed by atoms with Crippen molar-refractivity contribution in [1.29, 1.82) is 0 Å². The number of nitrogens with two attached hydrogens (primary N) is 1. The summed E-state index contributed by atoms with van der Waals surface area (Å²) in [5.74, 6) is 0.413. The second-order valence-corrected chi connectivity index (χ2v) is 5.98. The van der Waals surface area contributed by atoms with Crippen molar-refractivity contribution in [2.75, 3.05) is 17.6 Å². The standard InChI is InChI=1S/C14H16N2O3S/c1-10-5-3-4-6-14(10)20(17,18)16-12-9-11(15)7-8-13(12)19-2/h3-9,16H,15H2,1-2H3. The van der Waals surface area contributed by atoms with E-state index in [4.69, 9.17) is 10.5 Å². The first-order valence-electron chi connectivity index (χ1n) is 5.96. The Hall–Kier alpha value is -2.21. The Labute approximate surface area is 118 Å². The summed E-state index contributed by atoms with van der Waals surface area (Å²) in [4.78, 5) is 0.226. The lowest BCUT2D eigenvalue weighted by Gasteiger charge is -2.13. The molecule has 106 valence electrons. The van der Waals surface area contributed by atoms with Gasteiger partial charge in [-0.15, -0.1) is 0 Å². The normalized spacial score (nSPS) is 11.1. The van der Waals surface area contributed by atoms with Gasteiger partial charge in [-0.3, -0.25) is 4.72 Å². The van der Waals surface area contributed by atoms with Crippen LogP contribution in [0.4, 0.5) is 11.4 Å². The van der Waals surface area contributed by atoms with E-state index in [0.717, 1.165) is 0 Å². The fraction of sp³-hybridized carbons (Fsp3) is 0.143. The highest BCUT2D eigenvalue weighted by Crippen LogP contribution is 2.29. The molecule has 0 spiro atoms. The van der Waals surface area contributed by atoms with Gasteiger partial charge in [0.05, 0.1) is 17.7 Å². The highest BCUT2D eigenvalue weighted by Gasteiger charge is 2.18. The second-order valence-electron chi connectivity index (χ2n) is 4.33. The molecule has 0 aliphatic heterocycles. The second kappa shape index (κ2) is 5.42. The van der Waals surface area contributed by atoms with Crippen LogP contribution in [0, 0.1) is 6.92 Å². The molecule has 0 radical (unpaired) electrons. The van der Waals surface area contributed by atoms with Gasteiger partial charge in [0.15, 0.2) is 0 Å². The average Bonchev–Trinajstić information content (AvgIpc) is 2.39. The molecule has 0 saturated carbocycles. The summed E-state index contributed by atoms with van der Waals surface area (Å²) >= 11 is 0. The summed E-state index contributed by atoms with van der Waals surface area (Å²) in [6.07, 6.45) is 0. The lowest BCUT2D eigenvalue weighted by atomic mass is 10.2. The average molecular weight is 292 g/mol. The number of rotatable bonds is 4. The third-order valence-electron chi connectivity index (χ3n) is 2.85. The summed E-state index contributed by atoms with van der Waals surface area (Å²) in [7, 11) is -2.21. The Kier molecular flexibility index (Phi) is 3.85. The summed E-state index contributed by atoms with van der Waals surface area (Å²) in [6, 6.07) is 11.5. The van der Waals surface area contributed by atoms with E-state index in [0.29, 0.717) is 22.7 Å². The number of benzene rings is 2. The molecule has 6 heteroatoms. The molecule has 0 aliphatic rings. The molecule has 0 fully saturated rings. The van der Waals surface area contributed by atoms with Gasteiger partial charge < -0.3 is 10.5 Å². The molecule has 0 unspecified atom stereocenters. The number of nitrogens with one attached hydrogen (secondary N) is 1. The Balaban J connectivity index is 2.44. The monoisotopic (exact) mass is 292 g/mol. The SMILES string of the molecule is COc1ccc(N)cc1NS(=O)(=O)c1ccccc1C. The zero-order valence-electron chi connectivity index (χ0n) is 11.3. The topological polar surface area (TPSA) is 81.4 Å². The zero-order valence-corrected chi connectivity index (χ0v) is 12.1. The summed E-state index contributed by atoms with van der Waals surface area (Å²) in [5.41, 5.74) is 7.12. The fourth-order valence-corrected chi connectivity index (χ4v) is 3.17. The number of hydrogen-bond acceptors (Lipinski definition) is 4. The van der Waals surface area contributed by atoms with Crippen LogP contribution >= 0.6 is 0 Å². The van der Waals surface area contributed by atoms with E-state index >= 15 is 0 Å². The van der Waals surface area contributed by atoms with E-state index in [-0.39, 0.29) is 4.90 Å². The molecule has 0 amide bonds. The van der Waals surface area contributed by atoms with E-state index in [1.54, 1.807) is 43.3 Å². The van der Waals surface area contributed by atoms with E-state index in [9.17, 15) is 8.42 Å². The molecule has 0 saturated heterocycles. The quantitative estimate of drug-likeness (QED) is 0.848. The maximum Gasteiger partial charge on any atom is 0.262 e. The van der Waals surface area contributed by atoms with Crippen molar-refractivity contribution in [2.45, 2.75) is 11.8 Å². The van der Waals surface area contributed by atoms with Crippen LogP contribution in [0.15, 0.2) is 47.4 Å². The lowest BCUT2D eigenvalue weighted by Crippen LogP contribution is -2.15. The predicted molar refractivity (Wildman–Crippen MR) is 79.4 cm³/mol. The first kappa shape index (κ1) is 14.2. The van der Waals surface area contributed by atoms with Crippen LogP contribution < -0.4 is 15.2 Å². The first-order valence-corrected chi connectivity index (χ1v) is 7.44. The molecule has 5 nitrogen and oxygen atoms in total. The Morgan fingerprint density at radius 2 is 1.85 bits per heavy atom. The Morgan fingerprint density at radius 3 is 2.50 bits per heavy atom. The molecular weight excluding hydrogens is 276 g/mol. The smallest absolute Gasteiger partial charge is 0.262 e. The molecule has 0 heterocycles. The van der Waals surface area contributed by atoms with Crippen molar-refractivity contribution in [2.24, 2.45) is 0 Å². The van der Waals surface area contributed by atoms with E-state index in [1.807, 2.05) is 0 Å². The van der Waals surface area contributed by atoms with Crippen LogP contribution in [-0.2, 0) is 10.0 Å². The number of hydrogen-bond donors (Lipinski definition) is 2. The van der Waals surface area contributed by atoms with E-state index < -0.39 is 10.0 Å². The van der Waals surface area contributed by atoms with Gasteiger partial charge in [-0.05, 0) is 36.8 Å². The van der Waals surface area contributed by atoms with Gasteiger partial charge in [0, 0.05) is 5.69 Å². The molecule has 2 aromatic rings. The van der Waals surface area contributed by atoms with Crippen LogP contribution in [0.3, 0.4) is 0 Å². The third-order valence-corrected chi connectivity index (χ3v) is 4.38. The molecular formula is C14H16N2O3S. The highest BCUT2D eigenvalue weighted by molar-refractivity contribution is 7.92. The summed E-state index contributed by atoms with van der Waals surface area (Å²) in [5, 5.41) is 0. The minimum Gasteiger partial charge on any atom is -0.495 e. The highest BCUT2D eigenvalue weighted by atomic mass is 32.2. The molecule has 20 heavy (non-hydrogen) atoms. The molecule has 0 atom stereocenters. The molecule has 0 aliphatic carbocycles. The molecule has 0 aromatic heterocycles. The van der Waals surface area contributed by atoms with Gasteiger partial charge in [-0.25, -0.2) is 8.42 Å². The number of methoxy groups -OCH3 is 1. The largest absolute Gasteiger partial charge is 0.495 e. The summed E-state index contributed by atoms with van der Waals surface area (Å²) in [6.45, 7) is 1.74. The van der Waals surface area contributed by atoms with Gasteiger partial charge in [-0.2, -0.15) is 0 Å². The number of ether oxygens (including phenoxy) is 1. The number of sulfonamides is 1. The maximum absolute atomic E-state index is 12.4. The number of anilines is 2. The van der Waals surface area contributed by atoms with Crippen LogP contribution in [0.25, 0.3) is 0 Å². The predicted octanol–water partition coefficient (Wildman–Crippen LogP) is 2.39. The third kappa shape index (κ3) is 2.85. The van der Waals surface area contributed by atoms with Crippen molar-refractivity contribution in [3.63, 3.8) is 0 Å². The van der Waals surface area contributed by atoms with Crippen molar-refractivity contribution < 1.29 is 13.2 Å². The van der Waals surface area contributed by atoms with Crippen molar-refractivity contribution in [3.8, 4) is 5.75 Å². The van der Waals surface area contributed by atoms with Gasteiger partial charge in [0.2, 0.25) is 0 Å². The van der Waals surface area contributed by atoms with Crippen molar-refractivity contribution in [1.82, 2.24) is 0 Å². The molecule has 2 aromatic carbocycles. The van der Waals surface area contributed by atoms with E-state index in [2.05, 4.69) is 4.72 Å². The van der Waals surface area contributed by atoms with Crippen molar-refractivity contribution >= 4 is 21.4 Å². The lowest BCUT2D eigenvalue weighted by molar-refractivity contribution is 0.417. The summed E-state index contributed by atoms with van der Waals surface area (Å²) < 4.78 is 32.4. The Bertz CT molecular complexity index is 727. The minimum absolute atomic E-state index is 0.226. The molecule has 0 bridgehead atoms. The van der Waals surface area contributed by atoms with Gasteiger partial charge in [0.25, 0.3) is 10.0 Å². The van der Waals surface area contributed by atoms with Gasteiger partial charge >= 0.3 is 0 Å². The van der Waals surface area contributed by atoms with E-state index in [1.165, 1.54) is 13.2 Å². The zero-order chi connectivity index (χ0) is 14.8. The van der Waals surface area contributed by atoms with Crippen LogP contribution in [-0.4, -0.2) is 15.5 Å².